The summed E-state index contributed by atoms with van der Waals surface area (Å²) in [5.41, 5.74) is 4.48. The van der Waals surface area contributed by atoms with Crippen LogP contribution < -0.4 is 0 Å². The van der Waals surface area contributed by atoms with E-state index in [0.29, 0.717) is 0 Å². The number of benzene rings is 1. The molecular weight excluding hydrogens is 279 g/mol. The molecule has 4 rings (SSSR count). The quantitative estimate of drug-likeness (QED) is 0.566. The van der Waals surface area contributed by atoms with Gasteiger partial charge in [0, 0.05) is 41.5 Å². The molecule has 0 saturated heterocycles. The van der Waals surface area contributed by atoms with Gasteiger partial charge in [0.25, 0.3) is 0 Å². The highest BCUT2D eigenvalue weighted by Crippen LogP contribution is 2.22. The first kappa shape index (κ1) is 12.6. The van der Waals surface area contributed by atoms with E-state index < -0.39 is 0 Å². The number of fused-ring (bicyclic) bond motifs is 1. The van der Waals surface area contributed by atoms with Gasteiger partial charge in [0.05, 0.1) is 5.69 Å². The number of hydrogen-bond donors (Lipinski definition) is 0. The zero-order valence-corrected chi connectivity index (χ0v) is 11.5. The number of imidazole rings is 1. The number of rotatable bonds is 2. The van der Waals surface area contributed by atoms with Gasteiger partial charge in [-0.05, 0) is 36.4 Å². The molecule has 106 valence electrons. The Kier molecular flexibility index (Phi) is 2.89. The van der Waals surface area contributed by atoms with Crippen molar-refractivity contribution in [2.75, 3.05) is 0 Å². The minimum Gasteiger partial charge on any atom is -0.306 e. The maximum atomic E-state index is 13.0. The van der Waals surface area contributed by atoms with Gasteiger partial charge in [0.1, 0.15) is 17.8 Å². The van der Waals surface area contributed by atoms with E-state index in [1.807, 2.05) is 28.9 Å². The zero-order valence-electron chi connectivity index (χ0n) is 11.5. The van der Waals surface area contributed by atoms with Gasteiger partial charge in [-0.1, -0.05) is 0 Å². The fraction of sp³-hybridized carbons (Fsp3) is 0. The average molecular weight is 290 g/mol. The molecule has 3 aromatic heterocycles. The van der Waals surface area contributed by atoms with Crippen LogP contribution in [0, 0.1) is 5.82 Å². The highest BCUT2D eigenvalue weighted by atomic mass is 19.1. The second-order valence-electron chi connectivity index (χ2n) is 4.94. The van der Waals surface area contributed by atoms with Gasteiger partial charge in [-0.3, -0.25) is 0 Å². The summed E-state index contributed by atoms with van der Waals surface area (Å²) in [5.74, 6) is -0.251. The molecule has 4 aromatic rings. The van der Waals surface area contributed by atoms with Gasteiger partial charge < -0.3 is 4.40 Å². The van der Waals surface area contributed by atoms with Gasteiger partial charge in [-0.25, -0.2) is 19.3 Å². The maximum Gasteiger partial charge on any atom is 0.137 e. The third kappa shape index (κ3) is 2.22. The van der Waals surface area contributed by atoms with Crippen molar-refractivity contribution < 1.29 is 4.39 Å². The van der Waals surface area contributed by atoms with Crippen LogP contribution in [0.25, 0.3) is 28.0 Å². The lowest BCUT2D eigenvalue weighted by atomic mass is 10.1. The first-order valence-electron chi connectivity index (χ1n) is 6.80. The molecule has 4 nitrogen and oxygen atoms in total. The lowest BCUT2D eigenvalue weighted by Gasteiger charge is -2.00. The van der Waals surface area contributed by atoms with Gasteiger partial charge in [-0.15, -0.1) is 0 Å². The van der Waals surface area contributed by atoms with Crippen LogP contribution in [0.1, 0.15) is 0 Å². The van der Waals surface area contributed by atoms with E-state index in [1.54, 1.807) is 24.5 Å². The van der Waals surface area contributed by atoms with Gasteiger partial charge in [-0.2, -0.15) is 0 Å². The summed E-state index contributed by atoms with van der Waals surface area (Å²) >= 11 is 0. The van der Waals surface area contributed by atoms with E-state index in [9.17, 15) is 4.39 Å². The summed E-state index contributed by atoms with van der Waals surface area (Å²) in [6, 6.07) is 10.2. The van der Waals surface area contributed by atoms with Crippen LogP contribution in [-0.4, -0.2) is 19.4 Å². The van der Waals surface area contributed by atoms with Crippen molar-refractivity contribution in [1.29, 1.82) is 0 Å². The molecule has 0 aliphatic carbocycles. The molecule has 22 heavy (non-hydrogen) atoms. The Bertz CT molecular complexity index is 930. The average Bonchev–Trinajstić information content (AvgIpc) is 2.99. The van der Waals surface area contributed by atoms with Crippen LogP contribution >= 0.6 is 0 Å². The van der Waals surface area contributed by atoms with E-state index in [4.69, 9.17) is 0 Å². The Labute approximate surface area is 125 Å². The van der Waals surface area contributed by atoms with E-state index in [-0.39, 0.29) is 5.82 Å². The summed E-state index contributed by atoms with van der Waals surface area (Å²) in [6.45, 7) is 0. The summed E-state index contributed by atoms with van der Waals surface area (Å²) in [5, 5.41) is 0. The Morgan fingerprint density at radius 3 is 2.27 bits per heavy atom. The largest absolute Gasteiger partial charge is 0.306 e. The van der Waals surface area contributed by atoms with E-state index in [1.165, 1.54) is 18.5 Å². The lowest BCUT2D eigenvalue weighted by molar-refractivity contribution is 0.628. The SMILES string of the molecule is Fc1ccc(-c2cn3cc(-c4cncnc4)ccc3n2)cc1. The maximum absolute atomic E-state index is 13.0. The number of halogens is 1. The van der Waals surface area contributed by atoms with Crippen LogP contribution in [0.3, 0.4) is 0 Å². The zero-order chi connectivity index (χ0) is 14.9. The number of pyridine rings is 1. The molecule has 0 aliphatic rings. The third-order valence-electron chi connectivity index (χ3n) is 3.48. The van der Waals surface area contributed by atoms with E-state index >= 15 is 0 Å². The van der Waals surface area contributed by atoms with Crippen molar-refractivity contribution >= 4 is 5.65 Å². The van der Waals surface area contributed by atoms with Crippen molar-refractivity contribution in [3.8, 4) is 22.4 Å². The summed E-state index contributed by atoms with van der Waals surface area (Å²) in [4.78, 5) is 12.6. The second kappa shape index (κ2) is 5.04. The second-order valence-corrected chi connectivity index (χ2v) is 4.94. The molecule has 3 heterocycles. The molecular formula is C17H11FN4. The molecule has 0 saturated carbocycles. The smallest absolute Gasteiger partial charge is 0.137 e. The van der Waals surface area contributed by atoms with Crippen LogP contribution in [0.5, 0.6) is 0 Å². The monoisotopic (exact) mass is 290 g/mol. The van der Waals surface area contributed by atoms with E-state index in [2.05, 4.69) is 15.0 Å². The molecule has 0 unspecified atom stereocenters. The number of aromatic nitrogens is 4. The topological polar surface area (TPSA) is 43.1 Å². The Balaban J connectivity index is 1.80. The highest BCUT2D eigenvalue weighted by Gasteiger charge is 2.06. The third-order valence-corrected chi connectivity index (χ3v) is 3.48. The van der Waals surface area contributed by atoms with Crippen LogP contribution in [0.15, 0.2) is 67.5 Å². The molecule has 0 spiro atoms. The molecule has 0 N–H and O–H groups in total. The minimum atomic E-state index is -0.251. The molecule has 5 heteroatoms. The van der Waals surface area contributed by atoms with Crippen LogP contribution in [-0.2, 0) is 0 Å². The molecule has 0 aliphatic heterocycles. The fourth-order valence-electron chi connectivity index (χ4n) is 2.37. The van der Waals surface area contributed by atoms with Crippen molar-refractivity contribution in [2.45, 2.75) is 0 Å². The van der Waals surface area contributed by atoms with Crippen molar-refractivity contribution in [2.24, 2.45) is 0 Å². The standard InChI is InChI=1S/C17H11FN4/c18-15-4-1-12(2-5-15)16-10-22-9-13(3-6-17(22)21-16)14-7-19-11-20-8-14/h1-11H. The summed E-state index contributed by atoms with van der Waals surface area (Å²) in [7, 11) is 0. The van der Waals surface area contributed by atoms with Gasteiger partial charge in [0.2, 0.25) is 0 Å². The van der Waals surface area contributed by atoms with Crippen molar-refractivity contribution in [1.82, 2.24) is 19.4 Å². The number of nitrogens with zero attached hydrogens (tertiary/aromatic N) is 4. The molecule has 0 bridgehead atoms. The summed E-state index contributed by atoms with van der Waals surface area (Å²) < 4.78 is 15.0. The highest BCUT2D eigenvalue weighted by molar-refractivity contribution is 5.66. The van der Waals surface area contributed by atoms with E-state index in [0.717, 1.165) is 28.0 Å². The normalized spacial score (nSPS) is 11.0. The fourth-order valence-corrected chi connectivity index (χ4v) is 2.37. The number of hydrogen-bond acceptors (Lipinski definition) is 3. The molecule has 0 amide bonds. The first-order chi connectivity index (χ1) is 10.8. The Morgan fingerprint density at radius 2 is 1.50 bits per heavy atom. The Morgan fingerprint density at radius 1 is 0.773 bits per heavy atom. The van der Waals surface area contributed by atoms with Crippen LogP contribution in [0.4, 0.5) is 4.39 Å². The van der Waals surface area contributed by atoms with Gasteiger partial charge in [0.15, 0.2) is 0 Å². The molecule has 1 aromatic carbocycles. The molecule has 0 radical (unpaired) electrons. The Hall–Kier alpha value is -3.08. The molecule has 0 fully saturated rings. The van der Waals surface area contributed by atoms with Crippen LogP contribution in [0.2, 0.25) is 0 Å². The van der Waals surface area contributed by atoms with Crippen molar-refractivity contribution in [3.63, 3.8) is 0 Å². The first-order valence-corrected chi connectivity index (χ1v) is 6.80. The molecule has 0 atom stereocenters. The minimum absolute atomic E-state index is 0.251. The van der Waals surface area contributed by atoms with Gasteiger partial charge >= 0.3 is 0 Å². The van der Waals surface area contributed by atoms with Crippen molar-refractivity contribution in [3.05, 3.63) is 73.3 Å². The predicted octanol–water partition coefficient (Wildman–Crippen LogP) is 3.60. The lowest BCUT2D eigenvalue weighted by Crippen LogP contribution is -1.86. The summed E-state index contributed by atoms with van der Waals surface area (Å²) in [6.07, 6.45) is 8.95. The predicted molar refractivity (Wildman–Crippen MR) is 81.6 cm³/mol.